The Balaban J connectivity index is 1.59. The van der Waals surface area contributed by atoms with Crippen molar-refractivity contribution in [2.45, 2.75) is 32.2 Å². The molecule has 0 atom stereocenters. The van der Waals surface area contributed by atoms with Crippen LogP contribution in [0, 0.1) is 22.0 Å². The highest BCUT2D eigenvalue weighted by Crippen LogP contribution is 2.30. The van der Waals surface area contributed by atoms with Crippen molar-refractivity contribution in [1.82, 2.24) is 14.9 Å². The summed E-state index contributed by atoms with van der Waals surface area (Å²) in [4.78, 5) is 21.6. The van der Waals surface area contributed by atoms with Crippen LogP contribution >= 0.6 is 11.6 Å². The molecule has 1 saturated carbocycles. The number of nitro groups is 1. The lowest BCUT2D eigenvalue weighted by Gasteiger charge is -2.30. The minimum Gasteiger partial charge on any atom is -0.364 e. The number of hydrogen-bond acceptors (Lipinski definition) is 7. The zero-order valence-corrected chi connectivity index (χ0v) is 18.2. The molecule has 1 aliphatic rings. The van der Waals surface area contributed by atoms with Gasteiger partial charge in [-0.15, -0.1) is 0 Å². The number of rotatable bonds is 9. The van der Waals surface area contributed by atoms with E-state index in [-0.39, 0.29) is 11.5 Å². The van der Waals surface area contributed by atoms with Crippen LogP contribution in [0.1, 0.15) is 31.2 Å². The van der Waals surface area contributed by atoms with Gasteiger partial charge in [0.2, 0.25) is 11.8 Å². The number of anilines is 2. The van der Waals surface area contributed by atoms with Crippen LogP contribution in [0.5, 0.6) is 0 Å². The molecule has 1 fully saturated rings. The van der Waals surface area contributed by atoms with Crippen LogP contribution in [0.25, 0.3) is 0 Å². The van der Waals surface area contributed by atoms with Gasteiger partial charge in [-0.25, -0.2) is 4.98 Å². The van der Waals surface area contributed by atoms with Crippen LogP contribution in [-0.4, -0.2) is 47.0 Å². The smallest absolute Gasteiger partial charge is 0.329 e. The first-order valence-electron chi connectivity index (χ1n) is 10.3. The number of hydrogen-bond donors (Lipinski definition) is 2. The molecule has 1 aliphatic carbocycles. The van der Waals surface area contributed by atoms with E-state index in [0.717, 1.165) is 30.9 Å². The third-order valence-electron chi connectivity index (χ3n) is 5.51. The summed E-state index contributed by atoms with van der Waals surface area (Å²) in [6.45, 7) is 2.24. The molecule has 2 aromatic rings. The topological polar surface area (TPSA) is 96.2 Å². The van der Waals surface area contributed by atoms with E-state index in [2.05, 4.69) is 39.6 Å². The van der Waals surface area contributed by atoms with Gasteiger partial charge in [0.15, 0.2) is 0 Å². The Hall–Kier alpha value is -2.45. The first-order chi connectivity index (χ1) is 14.4. The summed E-state index contributed by atoms with van der Waals surface area (Å²) in [5.74, 6) is 1.83. The normalized spacial score (nSPS) is 18.9. The second kappa shape index (κ2) is 10.5. The van der Waals surface area contributed by atoms with Crippen molar-refractivity contribution < 1.29 is 4.92 Å². The predicted octanol–water partition coefficient (Wildman–Crippen LogP) is 4.43. The number of benzene rings is 1. The fourth-order valence-corrected chi connectivity index (χ4v) is 4.12. The Labute approximate surface area is 182 Å². The fourth-order valence-electron chi connectivity index (χ4n) is 3.92. The second-order valence-corrected chi connectivity index (χ2v) is 8.57. The third-order valence-corrected chi connectivity index (χ3v) is 5.88. The van der Waals surface area contributed by atoms with Crippen LogP contribution in [0.15, 0.2) is 30.5 Å². The van der Waals surface area contributed by atoms with Crippen molar-refractivity contribution in [2.75, 3.05) is 37.8 Å². The van der Waals surface area contributed by atoms with Crippen LogP contribution < -0.4 is 10.6 Å². The Morgan fingerprint density at radius 3 is 2.53 bits per heavy atom. The Morgan fingerprint density at radius 1 is 1.17 bits per heavy atom. The van der Waals surface area contributed by atoms with E-state index in [1.807, 2.05) is 24.3 Å². The zero-order valence-electron chi connectivity index (χ0n) is 17.5. The minimum absolute atomic E-state index is 0.111. The lowest BCUT2D eigenvalue weighted by Crippen LogP contribution is -2.28. The monoisotopic (exact) mass is 432 g/mol. The second-order valence-electron chi connectivity index (χ2n) is 8.16. The largest absolute Gasteiger partial charge is 0.364 e. The molecule has 0 saturated heterocycles. The van der Waals surface area contributed by atoms with E-state index in [1.54, 1.807) is 0 Å². The highest BCUT2D eigenvalue weighted by atomic mass is 35.5. The minimum atomic E-state index is -0.450. The highest BCUT2D eigenvalue weighted by molar-refractivity contribution is 6.31. The highest BCUT2D eigenvalue weighted by Gasteiger charge is 2.23. The summed E-state index contributed by atoms with van der Waals surface area (Å²) in [5.41, 5.74) is 0.796. The molecule has 1 heterocycles. The maximum absolute atomic E-state index is 11.4. The number of aromatic nitrogens is 2. The standard InChI is InChI=1S/C21H29ClN6O2/c1-27(2)14-16-9-7-15(8-10-16)11-23-20-19(28(29)30)13-25-21(26-20)24-12-17-5-3-4-6-18(17)22/h3-6,13,15-16H,7-12,14H2,1-2H3,(H2,23,24,25,26)/t15-,16+. The summed E-state index contributed by atoms with van der Waals surface area (Å²) in [5, 5.41) is 18.3. The lowest BCUT2D eigenvalue weighted by atomic mass is 9.82. The van der Waals surface area contributed by atoms with Crippen LogP contribution in [0.3, 0.4) is 0 Å². The molecule has 8 nitrogen and oxygen atoms in total. The quantitative estimate of drug-likeness (QED) is 0.446. The van der Waals surface area contributed by atoms with Gasteiger partial charge < -0.3 is 15.5 Å². The molecule has 3 rings (SSSR count). The maximum atomic E-state index is 11.4. The van der Waals surface area contributed by atoms with E-state index in [1.165, 1.54) is 19.0 Å². The maximum Gasteiger partial charge on any atom is 0.329 e. The third kappa shape index (κ3) is 6.27. The molecule has 0 aliphatic heterocycles. The SMILES string of the molecule is CN(C)C[C@H]1CC[C@@H](CNc2nc(NCc3ccccc3Cl)ncc2[N+](=O)[O-])CC1. The van der Waals surface area contributed by atoms with E-state index < -0.39 is 4.92 Å². The lowest BCUT2D eigenvalue weighted by molar-refractivity contribution is -0.384. The van der Waals surface area contributed by atoms with Crippen molar-refractivity contribution in [3.8, 4) is 0 Å². The number of nitrogens with one attached hydrogen (secondary N) is 2. The van der Waals surface area contributed by atoms with Gasteiger partial charge in [-0.3, -0.25) is 10.1 Å². The van der Waals surface area contributed by atoms with E-state index in [9.17, 15) is 10.1 Å². The van der Waals surface area contributed by atoms with Crippen molar-refractivity contribution in [3.63, 3.8) is 0 Å². The molecule has 0 radical (unpaired) electrons. The van der Waals surface area contributed by atoms with Crippen LogP contribution in [0.2, 0.25) is 5.02 Å². The molecular weight excluding hydrogens is 404 g/mol. The van der Waals surface area contributed by atoms with Gasteiger partial charge in [-0.2, -0.15) is 4.98 Å². The van der Waals surface area contributed by atoms with Gasteiger partial charge in [0.1, 0.15) is 6.20 Å². The molecule has 0 amide bonds. The average Bonchev–Trinajstić information content (AvgIpc) is 2.72. The first kappa shape index (κ1) is 22.2. The van der Waals surface area contributed by atoms with Crippen molar-refractivity contribution >= 4 is 29.1 Å². The fraction of sp³-hybridized carbons (Fsp3) is 0.524. The number of halogens is 1. The van der Waals surface area contributed by atoms with Crippen LogP contribution in [0.4, 0.5) is 17.5 Å². The Kier molecular flexibility index (Phi) is 7.81. The summed E-state index contributed by atoms with van der Waals surface area (Å²) in [7, 11) is 4.22. The van der Waals surface area contributed by atoms with Crippen molar-refractivity contribution in [1.29, 1.82) is 0 Å². The molecule has 0 spiro atoms. The molecule has 162 valence electrons. The number of nitrogens with zero attached hydrogens (tertiary/aromatic N) is 4. The molecule has 1 aromatic heterocycles. The summed E-state index contributed by atoms with van der Waals surface area (Å²) in [6.07, 6.45) is 5.89. The molecule has 30 heavy (non-hydrogen) atoms. The van der Waals surface area contributed by atoms with Gasteiger partial charge in [-0.1, -0.05) is 29.8 Å². The van der Waals surface area contributed by atoms with Gasteiger partial charge in [-0.05, 0) is 63.2 Å². The van der Waals surface area contributed by atoms with E-state index in [4.69, 9.17) is 11.6 Å². The van der Waals surface area contributed by atoms with Gasteiger partial charge in [0.25, 0.3) is 0 Å². The molecular formula is C21H29ClN6O2. The molecule has 2 N–H and O–H groups in total. The molecule has 0 bridgehead atoms. The summed E-state index contributed by atoms with van der Waals surface area (Å²) >= 11 is 6.18. The molecule has 1 aromatic carbocycles. The molecule has 0 unspecified atom stereocenters. The van der Waals surface area contributed by atoms with Gasteiger partial charge >= 0.3 is 5.69 Å². The van der Waals surface area contributed by atoms with Crippen LogP contribution in [-0.2, 0) is 6.54 Å². The zero-order chi connectivity index (χ0) is 21.5. The van der Waals surface area contributed by atoms with Crippen molar-refractivity contribution in [3.05, 3.63) is 51.2 Å². The Bertz CT molecular complexity index is 855. The van der Waals surface area contributed by atoms with Gasteiger partial charge in [0, 0.05) is 24.7 Å². The van der Waals surface area contributed by atoms with Crippen molar-refractivity contribution in [2.24, 2.45) is 11.8 Å². The summed E-state index contributed by atoms with van der Waals surface area (Å²) in [6, 6.07) is 7.49. The van der Waals surface area contributed by atoms with Gasteiger partial charge in [0.05, 0.1) is 4.92 Å². The van der Waals surface area contributed by atoms with E-state index >= 15 is 0 Å². The summed E-state index contributed by atoms with van der Waals surface area (Å²) < 4.78 is 0. The van der Waals surface area contributed by atoms with E-state index in [0.29, 0.717) is 30.0 Å². The predicted molar refractivity (Wildman–Crippen MR) is 120 cm³/mol. The average molecular weight is 433 g/mol. The Morgan fingerprint density at radius 2 is 1.87 bits per heavy atom. The molecule has 9 heteroatoms. The first-order valence-corrected chi connectivity index (χ1v) is 10.7.